The van der Waals surface area contributed by atoms with Gasteiger partial charge in [0.2, 0.25) is 0 Å². The van der Waals surface area contributed by atoms with Crippen molar-refractivity contribution < 1.29 is 22.7 Å². The van der Waals surface area contributed by atoms with E-state index in [9.17, 15) is 18.0 Å². The van der Waals surface area contributed by atoms with Crippen LogP contribution in [0.3, 0.4) is 0 Å². The Bertz CT molecular complexity index is 381. The van der Waals surface area contributed by atoms with Crippen LogP contribution in [-0.4, -0.2) is 47.9 Å². The van der Waals surface area contributed by atoms with Gasteiger partial charge in [-0.1, -0.05) is 0 Å². The van der Waals surface area contributed by atoms with E-state index in [1.807, 2.05) is 27.7 Å². The third kappa shape index (κ3) is 8.44. The van der Waals surface area contributed by atoms with Gasteiger partial charge in [-0.3, -0.25) is 0 Å². The summed E-state index contributed by atoms with van der Waals surface area (Å²) in [7, 11) is 0. The molecule has 1 heterocycles. The zero-order valence-electron chi connectivity index (χ0n) is 14.5. The number of piperidine rings is 1. The Balaban J connectivity index is 2.49. The van der Waals surface area contributed by atoms with E-state index in [2.05, 4.69) is 5.32 Å². The van der Waals surface area contributed by atoms with E-state index < -0.39 is 18.2 Å². The van der Waals surface area contributed by atoms with Gasteiger partial charge in [0.05, 0.1) is 6.42 Å². The van der Waals surface area contributed by atoms with Crippen molar-refractivity contribution in [3.8, 4) is 0 Å². The van der Waals surface area contributed by atoms with Crippen molar-refractivity contribution in [2.24, 2.45) is 0 Å². The highest BCUT2D eigenvalue weighted by Gasteiger charge is 2.31. The molecule has 2 atom stereocenters. The minimum absolute atomic E-state index is 0.0204. The molecule has 0 aromatic carbocycles. The lowest BCUT2D eigenvalue weighted by atomic mass is 9.96. The Kier molecular flexibility index (Phi) is 7.17. The van der Waals surface area contributed by atoms with E-state index in [1.54, 1.807) is 4.90 Å². The maximum absolute atomic E-state index is 12.3. The maximum Gasteiger partial charge on any atom is 0.410 e. The van der Waals surface area contributed by atoms with E-state index in [-0.39, 0.29) is 24.7 Å². The number of alkyl halides is 3. The number of nitrogens with one attached hydrogen (secondary N) is 1. The average Bonchev–Trinajstić information content (AvgIpc) is 2.35. The van der Waals surface area contributed by atoms with Crippen LogP contribution in [0, 0.1) is 0 Å². The van der Waals surface area contributed by atoms with Crippen molar-refractivity contribution >= 4 is 6.09 Å². The highest BCUT2D eigenvalue weighted by molar-refractivity contribution is 5.68. The Morgan fingerprint density at radius 2 is 1.96 bits per heavy atom. The fourth-order valence-corrected chi connectivity index (χ4v) is 2.76. The predicted octanol–water partition coefficient (Wildman–Crippen LogP) is 4.10. The molecule has 136 valence electrons. The molecule has 0 aliphatic carbocycles. The SMILES string of the molecule is CC(CC1CCCCN1C(=O)OC(C)(C)C)NCCC(F)(F)F. The van der Waals surface area contributed by atoms with E-state index in [4.69, 9.17) is 4.74 Å². The Hall–Kier alpha value is -0.980. The van der Waals surface area contributed by atoms with Crippen molar-refractivity contribution in [3.05, 3.63) is 0 Å². The molecular weight excluding hydrogens is 309 g/mol. The van der Waals surface area contributed by atoms with Crippen LogP contribution >= 0.6 is 0 Å². The van der Waals surface area contributed by atoms with Crippen molar-refractivity contribution in [1.82, 2.24) is 10.2 Å². The van der Waals surface area contributed by atoms with E-state index in [0.29, 0.717) is 13.0 Å². The Morgan fingerprint density at radius 1 is 1.30 bits per heavy atom. The summed E-state index contributed by atoms with van der Waals surface area (Å²) in [6, 6.07) is -0.0580. The summed E-state index contributed by atoms with van der Waals surface area (Å²) >= 11 is 0. The molecule has 1 fully saturated rings. The third-order valence-corrected chi connectivity index (χ3v) is 3.78. The van der Waals surface area contributed by atoms with Gasteiger partial charge in [-0.15, -0.1) is 0 Å². The molecular formula is C16H29F3N2O2. The number of hydrogen-bond acceptors (Lipinski definition) is 3. The first-order chi connectivity index (χ1) is 10.5. The standard InChI is InChI=1S/C16H29F3N2O2/c1-12(20-9-8-16(17,18)19)11-13-7-5-6-10-21(13)14(22)23-15(2,3)4/h12-13,20H,5-11H2,1-4H3. The van der Waals surface area contributed by atoms with Crippen molar-refractivity contribution in [2.45, 2.75) is 83.7 Å². The normalized spacial score (nSPS) is 21.2. The number of ether oxygens (including phenoxy) is 1. The lowest BCUT2D eigenvalue weighted by Crippen LogP contribution is -2.48. The number of nitrogens with zero attached hydrogens (tertiary/aromatic N) is 1. The molecule has 2 unspecified atom stereocenters. The van der Waals surface area contributed by atoms with E-state index in [0.717, 1.165) is 19.3 Å². The fraction of sp³-hybridized carbons (Fsp3) is 0.938. The molecule has 1 N–H and O–H groups in total. The highest BCUT2D eigenvalue weighted by Crippen LogP contribution is 2.24. The smallest absolute Gasteiger partial charge is 0.410 e. The van der Waals surface area contributed by atoms with Crippen LogP contribution in [0.1, 0.15) is 59.8 Å². The van der Waals surface area contributed by atoms with E-state index in [1.165, 1.54) is 0 Å². The van der Waals surface area contributed by atoms with Crippen LogP contribution in [0.4, 0.5) is 18.0 Å². The molecule has 0 aromatic heterocycles. The van der Waals surface area contributed by atoms with Crippen LogP contribution < -0.4 is 5.32 Å². The largest absolute Gasteiger partial charge is 0.444 e. The third-order valence-electron chi connectivity index (χ3n) is 3.78. The minimum atomic E-state index is -4.14. The van der Waals surface area contributed by atoms with Crippen molar-refractivity contribution in [2.75, 3.05) is 13.1 Å². The molecule has 1 saturated heterocycles. The number of likely N-dealkylation sites (tertiary alicyclic amines) is 1. The number of rotatable bonds is 5. The van der Waals surface area contributed by atoms with Crippen LogP contribution in [0.2, 0.25) is 0 Å². The minimum Gasteiger partial charge on any atom is -0.444 e. The second-order valence-corrected chi connectivity index (χ2v) is 7.28. The zero-order valence-corrected chi connectivity index (χ0v) is 14.5. The average molecular weight is 338 g/mol. The van der Waals surface area contributed by atoms with Gasteiger partial charge >= 0.3 is 12.3 Å². The van der Waals surface area contributed by atoms with Gasteiger partial charge in [0, 0.05) is 25.2 Å². The highest BCUT2D eigenvalue weighted by atomic mass is 19.4. The molecule has 0 spiro atoms. The first kappa shape index (κ1) is 20.1. The molecule has 4 nitrogen and oxygen atoms in total. The van der Waals surface area contributed by atoms with Crippen molar-refractivity contribution in [3.63, 3.8) is 0 Å². The number of carbonyl (C=O) groups is 1. The van der Waals surface area contributed by atoms with Gasteiger partial charge in [-0.25, -0.2) is 4.79 Å². The van der Waals surface area contributed by atoms with Gasteiger partial charge in [-0.05, 0) is 53.4 Å². The molecule has 1 amide bonds. The Morgan fingerprint density at radius 3 is 2.52 bits per heavy atom. The quantitative estimate of drug-likeness (QED) is 0.821. The second kappa shape index (κ2) is 8.22. The molecule has 7 heteroatoms. The summed E-state index contributed by atoms with van der Waals surface area (Å²) in [5.74, 6) is 0. The fourth-order valence-electron chi connectivity index (χ4n) is 2.76. The summed E-state index contributed by atoms with van der Waals surface area (Å²) in [5, 5.41) is 2.90. The monoisotopic (exact) mass is 338 g/mol. The number of halogens is 3. The first-order valence-electron chi connectivity index (χ1n) is 8.28. The van der Waals surface area contributed by atoms with Gasteiger partial charge in [0.15, 0.2) is 0 Å². The van der Waals surface area contributed by atoms with Crippen LogP contribution in [0.15, 0.2) is 0 Å². The van der Waals surface area contributed by atoms with Gasteiger partial charge in [0.1, 0.15) is 5.60 Å². The number of hydrogen-bond donors (Lipinski definition) is 1. The Labute approximate surface area is 136 Å². The molecule has 1 aliphatic heterocycles. The van der Waals surface area contributed by atoms with Gasteiger partial charge in [0.25, 0.3) is 0 Å². The lowest BCUT2D eigenvalue weighted by Gasteiger charge is -2.38. The lowest BCUT2D eigenvalue weighted by molar-refractivity contribution is -0.133. The molecule has 0 saturated carbocycles. The molecule has 1 aliphatic rings. The summed E-state index contributed by atoms with van der Waals surface area (Å²) in [5.41, 5.74) is -0.546. The van der Waals surface area contributed by atoms with E-state index >= 15 is 0 Å². The predicted molar refractivity (Wildman–Crippen MR) is 83.3 cm³/mol. The van der Waals surface area contributed by atoms with Crippen LogP contribution in [0.5, 0.6) is 0 Å². The summed E-state index contributed by atoms with van der Waals surface area (Å²) in [6.07, 6.45) is -1.84. The van der Waals surface area contributed by atoms with Gasteiger partial charge < -0.3 is 15.0 Å². The molecule has 0 radical (unpaired) electrons. The summed E-state index contributed by atoms with van der Waals surface area (Å²) < 4.78 is 42.0. The molecule has 0 bridgehead atoms. The van der Waals surface area contributed by atoms with Crippen LogP contribution in [0.25, 0.3) is 0 Å². The summed E-state index contributed by atoms with van der Waals surface area (Å²) in [6.45, 7) is 7.89. The number of carbonyl (C=O) groups excluding carboxylic acids is 1. The second-order valence-electron chi connectivity index (χ2n) is 7.28. The molecule has 1 rings (SSSR count). The van der Waals surface area contributed by atoms with Crippen LogP contribution in [-0.2, 0) is 4.74 Å². The first-order valence-corrected chi connectivity index (χ1v) is 8.28. The summed E-state index contributed by atoms with van der Waals surface area (Å²) in [4.78, 5) is 14.0. The number of amides is 1. The van der Waals surface area contributed by atoms with Crippen molar-refractivity contribution in [1.29, 1.82) is 0 Å². The van der Waals surface area contributed by atoms with Gasteiger partial charge in [-0.2, -0.15) is 13.2 Å². The topological polar surface area (TPSA) is 41.6 Å². The zero-order chi connectivity index (χ0) is 17.7. The molecule has 0 aromatic rings. The molecule has 23 heavy (non-hydrogen) atoms. The maximum atomic E-state index is 12.3.